The van der Waals surface area contributed by atoms with Crippen molar-refractivity contribution < 1.29 is 9.90 Å². The summed E-state index contributed by atoms with van der Waals surface area (Å²) in [5.41, 5.74) is 0.310. The number of halogens is 2. The number of hydrogen-bond acceptors (Lipinski definition) is 4. The quantitative estimate of drug-likeness (QED) is 0.613. The second-order valence-electron chi connectivity index (χ2n) is 2.66. The zero-order valence-corrected chi connectivity index (χ0v) is 8.62. The lowest BCUT2D eigenvalue weighted by molar-refractivity contribution is 0.0698. The molecule has 2 aromatic rings. The van der Waals surface area contributed by atoms with Gasteiger partial charge in [-0.15, -0.1) is 0 Å². The molecule has 0 saturated carbocycles. The van der Waals surface area contributed by atoms with Gasteiger partial charge in [0.25, 0.3) is 0 Å². The van der Waals surface area contributed by atoms with Crippen LogP contribution in [0.15, 0.2) is 12.4 Å². The predicted octanol–water partition coefficient (Wildman–Crippen LogP) is 2.03. The monoisotopic (exact) mass is 243 g/mol. The third kappa shape index (κ3) is 1.71. The molecule has 2 heterocycles. The van der Waals surface area contributed by atoms with Gasteiger partial charge in [0.15, 0.2) is 5.15 Å². The molecule has 0 aliphatic carbocycles. The van der Waals surface area contributed by atoms with Crippen LogP contribution in [0.5, 0.6) is 0 Å². The molecule has 15 heavy (non-hydrogen) atoms. The Morgan fingerprint density at radius 2 is 2.00 bits per heavy atom. The normalized spacial score (nSPS) is 10.5. The minimum Gasteiger partial charge on any atom is -0.478 e. The van der Waals surface area contributed by atoms with Crippen LogP contribution in [-0.2, 0) is 0 Å². The van der Waals surface area contributed by atoms with Crippen molar-refractivity contribution in [1.82, 2.24) is 15.0 Å². The van der Waals surface area contributed by atoms with Gasteiger partial charge in [0, 0.05) is 0 Å². The van der Waals surface area contributed by atoms with Crippen LogP contribution in [0.1, 0.15) is 10.4 Å². The number of nitrogens with zero attached hydrogens (tertiary/aromatic N) is 3. The summed E-state index contributed by atoms with van der Waals surface area (Å²) in [5.74, 6) is -1.14. The smallest absolute Gasteiger partial charge is 0.338 e. The minimum absolute atomic E-state index is 0.0385. The fourth-order valence-electron chi connectivity index (χ4n) is 1.14. The Bertz CT molecular complexity index is 559. The van der Waals surface area contributed by atoms with E-state index in [1.54, 1.807) is 0 Å². The largest absolute Gasteiger partial charge is 0.478 e. The number of aromatic nitrogens is 3. The highest BCUT2D eigenvalue weighted by Crippen LogP contribution is 2.23. The summed E-state index contributed by atoms with van der Waals surface area (Å²) in [7, 11) is 0. The second kappa shape index (κ2) is 3.60. The third-order valence-electron chi connectivity index (χ3n) is 1.75. The van der Waals surface area contributed by atoms with Crippen LogP contribution in [0, 0.1) is 0 Å². The molecule has 0 aromatic carbocycles. The van der Waals surface area contributed by atoms with Crippen molar-refractivity contribution in [3.8, 4) is 0 Å². The zero-order chi connectivity index (χ0) is 11.0. The fraction of sp³-hybridized carbons (Fsp3) is 0. The van der Waals surface area contributed by atoms with Crippen molar-refractivity contribution in [3.05, 3.63) is 28.3 Å². The topological polar surface area (TPSA) is 76.0 Å². The average Bonchev–Trinajstić information content (AvgIpc) is 2.18. The van der Waals surface area contributed by atoms with Gasteiger partial charge in [0.05, 0.1) is 5.56 Å². The Labute approximate surface area is 93.7 Å². The molecule has 0 atom stereocenters. The Morgan fingerprint density at radius 3 is 2.67 bits per heavy atom. The van der Waals surface area contributed by atoms with Gasteiger partial charge < -0.3 is 5.11 Å². The average molecular weight is 244 g/mol. The van der Waals surface area contributed by atoms with Gasteiger partial charge in [-0.3, -0.25) is 0 Å². The first-order valence-corrected chi connectivity index (χ1v) is 4.55. The highest BCUT2D eigenvalue weighted by molar-refractivity contribution is 6.35. The first-order valence-electron chi connectivity index (χ1n) is 3.79. The van der Waals surface area contributed by atoms with Crippen LogP contribution >= 0.6 is 23.2 Å². The Hall–Kier alpha value is -1.46. The molecule has 0 radical (unpaired) electrons. The predicted molar refractivity (Wildman–Crippen MR) is 54.3 cm³/mol. The lowest BCUT2D eigenvalue weighted by Crippen LogP contribution is -2.01. The third-order valence-corrected chi connectivity index (χ3v) is 2.22. The number of carboxylic acids is 1. The Kier molecular flexibility index (Phi) is 2.42. The molecule has 0 unspecified atom stereocenters. The second-order valence-corrected chi connectivity index (χ2v) is 3.40. The summed E-state index contributed by atoms with van der Waals surface area (Å²) in [4.78, 5) is 22.2. The number of hydrogen-bond donors (Lipinski definition) is 1. The summed E-state index contributed by atoms with van der Waals surface area (Å²) in [6.45, 7) is 0. The number of rotatable bonds is 1. The molecule has 0 aliphatic rings. The standard InChI is InChI=1S/C8H3Cl2N3O2/c9-4-1-3(8(14)15)5-6(13-4)7(10)12-2-11-5/h1-2H,(H,14,15). The van der Waals surface area contributed by atoms with Gasteiger partial charge in [-0.2, -0.15) is 0 Å². The summed E-state index contributed by atoms with van der Waals surface area (Å²) in [5, 5.41) is 9.02. The van der Waals surface area contributed by atoms with E-state index in [1.807, 2.05) is 0 Å². The van der Waals surface area contributed by atoms with Gasteiger partial charge in [-0.1, -0.05) is 23.2 Å². The van der Waals surface area contributed by atoms with E-state index in [1.165, 1.54) is 12.4 Å². The molecule has 5 nitrogen and oxygen atoms in total. The Balaban J connectivity index is 2.92. The maximum absolute atomic E-state index is 10.9. The molecule has 0 fully saturated rings. The highest BCUT2D eigenvalue weighted by Gasteiger charge is 2.14. The zero-order valence-electron chi connectivity index (χ0n) is 7.11. The van der Waals surface area contributed by atoms with E-state index < -0.39 is 5.97 Å². The van der Waals surface area contributed by atoms with Gasteiger partial charge >= 0.3 is 5.97 Å². The van der Waals surface area contributed by atoms with Crippen molar-refractivity contribution in [2.75, 3.05) is 0 Å². The number of carbonyl (C=O) groups is 1. The van der Waals surface area contributed by atoms with Crippen LogP contribution in [0.25, 0.3) is 11.0 Å². The maximum atomic E-state index is 10.9. The number of fused-ring (bicyclic) bond motifs is 1. The van der Waals surface area contributed by atoms with Crippen molar-refractivity contribution >= 4 is 40.2 Å². The lowest BCUT2D eigenvalue weighted by Gasteiger charge is -2.02. The molecule has 0 aliphatic heterocycles. The molecule has 0 bridgehead atoms. The first kappa shape index (κ1) is 10.1. The van der Waals surface area contributed by atoms with Crippen LogP contribution in [-0.4, -0.2) is 26.0 Å². The van der Waals surface area contributed by atoms with Crippen molar-refractivity contribution in [3.63, 3.8) is 0 Å². The molecule has 7 heteroatoms. The van der Waals surface area contributed by atoms with Crippen LogP contribution in [0.3, 0.4) is 0 Å². The highest BCUT2D eigenvalue weighted by atomic mass is 35.5. The molecule has 0 amide bonds. The van der Waals surface area contributed by atoms with Crippen LogP contribution < -0.4 is 0 Å². The number of pyridine rings is 1. The maximum Gasteiger partial charge on any atom is 0.338 e. The molecule has 0 saturated heterocycles. The van der Waals surface area contributed by atoms with E-state index in [-0.39, 0.29) is 26.9 Å². The summed E-state index contributed by atoms with van der Waals surface area (Å²) < 4.78 is 0. The fourth-order valence-corrected chi connectivity index (χ4v) is 1.51. The van der Waals surface area contributed by atoms with Crippen molar-refractivity contribution in [2.45, 2.75) is 0 Å². The van der Waals surface area contributed by atoms with E-state index in [0.717, 1.165) is 0 Å². The van der Waals surface area contributed by atoms with Crippen molar-refractivity contribution in [2.24, 2.45) is 0 Å². The van der Waals surface area contributed by atoms with E-state index in [4.69, 9.17) is 28.3 Å². The lowest BCUT2D eigenvalue weighted by atomic mass is 10.2. The van der Waals surface area contributed by atoms with Crippen LogP contribution in [0.4, 0.5) is 0 Å². The van der Waals surface area contributed by atoms with E-state index in [2.05, 4.69) is 15.0 Å². The molecule has 2 rings (SSSR count). The Morgan fingerprint density at radius 1 is 1.27 bits per heavy atom. The summed E-state index contributed by atoms with van der Waals surface area (Å²) in [6.07, 6.45) is 1.17. The van der Waals surface area contributed by atoms with Gasteiger partial charge in [-0.25, -0.2) is 19.7 Å². The molecule has 1 N–H and O–H groups in total. The van der Waals surface area contributed by atoms with E-state index >= 15 is 0 Å². The number of aromatic carboxylic acids is 1. The van der Waals surface area contributed by atoms with Crippen LogP contribution in [0.2, 0.25) is 10.3 Å². The summed E-state index contributed by atoms with van der Waals surface area (Å²) >= 11 is 11.4. The summed E-state index contributed by atoms with van der Waals surface area (Å²) in [6, 6.07) is 1.22. The molecule has 0 spiro atoms. The first-order chi connectivity index (χ1) is 7.09. The van der Waals surface area contributed by atoms with E-state index in [9.17, 15) is 4.79 Å². The SMILES string of the molecule is O=C(O)c1cc(Cl)nc2c(Cl)ncnc12. The number of carboxylic acid groups (broad SMARTS) is 1. The van der Waals surface area contributed by atoms with Gasteiger partial charge in [-0.05, 0) is 6.07 Å². The molecular weight excluding hydrogens is 241 g/mol. The van der Waals surface area contributed by atoms with E-state index in [0.29, 0.717) is 0 Å². The van der Waals surface area contributed by atoms with Gasteiger partial charge in [0.1, 0.15) is 22.5 Å². The van der Waals surface area contributed by atoms with Crippen molar-refractivity contribution in [1.29, 1.82) is 0 Å². The van der Waals surface area contributed by atoms with Gasteiger partial charge in [0.2, 0.25) is 0 Å². The molecular formula is C8H3Cl2N3O2. The minimum atomic E-state index is -1.14. The molecule has 76 valence electrons. The molecule has 2 aromatic heterocycles.